The Morgan fingerprint density at radius 3 is 2.71 bits per heavy atom. The first kappa shape index (κ1) is 20.9. The predicted molar refractivity (Wildman–Crippen MR) is 137 cm³/mol. The summed E-state index contributed by atoms with van der Waals surface area (Å²) in [5.74, 6) is 0.325. The molecule has 1 aliphatic rings. The van der Waals surface area contributed by atoms with E-state index < -0.39 is 0 Å². The van der Waals surface area contributed by atoms with Gasteiger partial charge in [-0.2, -0.15) is 0 Å². The van der Waals surface area contributed by atoms with Crippen molar-refractivity contribution in [2.75, 3.05) is 26.2 Å². The molecule has 0 radical (unpaired) electrons. The van der Waals surface area contributed by atoms with E-state index in [-0.39, 0.29) is 0 Å². The summed E-state index contributed by atoms with van der Waals surface area (Å²) in [5, 5.41) is 5.61. The second-order valence-corrected chi connectivity index (χ2v) is 9.13. The number of imidazole rings is 1. The third kappa shape index (κ3) is 4.05. The second-order valence-electron chi connectivity index (χ2n) is 8.29. The largest absolute Gasteiger partial charge is 0.382 e. The molecular weight excluding hydrogens is 444 g/mol. The van der Waals surface area contributed by atoms with Gasteiger partial charge in [0.15, 0.2) is 10.8 Å². The van der Waals surface area contributed by atoms with Gasteiger partial charge in [-0.15, -0.1) is 11.3 Å². The van der Waals surface area contributed by atoms with Gasteiger partial charge in [0.1, 0.15) is 5.69 Å². The SMILES string of the molecule is NC(=Nc1ccccc1-c1cn2c(CN3CCNCC3)csc2n1)c1cnc2ccccc2n1. The summed E-state index contributed by atoms with van der Waals surface area (Å²) in [6, 6.07) is 15.6. The van der Waals surface area contributed by atoms with Crippen molar-refractivity contribution in [3.05, 3.63) is 77.7 Å². The molecule has 170 valence electrons. The van der Waals surface area contributed by atoms with Crippen molar-refractivity contribution in [2.24, 2.45) is 10.7 Å². The zero-order valence-electron chi connectivity index (χ0n) is 18.6. The van der Waals surface area contributed by atoms with Crippen LogP contribution in [-0.4, -0.2) is 56.3 Å². The highest BCUT2D eigenvalue weighted by Gasteiger charge is 2.16. The van der Waals surface area contributed by atoms with Crippen molar-refractivity contribution in [3.63, 3.8) is 0 Å². The van der Waals surface area contributed by atoms with Crippen molar-refractivity contribution >= 4 is 38.9 Å². The summed E-state index contributed by atoms with van der Waals surface area (Å²) in [6.07, 6.45) is 3.77. The van der Waals surface area contributed by atoms with Gasteiger partial charge in [-0.3, -0.25) is 14.3 Å². The molecule has 1 aliphatic heterocycles. The van der Waals surface area contributed by atoms with Gasteiger partial charge in [-0.1, -0.05) is 30.3 Å². The van der Waals surface area contributed by atoms with Crippen LogP contribution in [0, 0.1) is 0 Å². The van der Waals surface area contributed by atoms with Gasteiger partial charge >= 0.3 is 0 Å². The first-order valence-corrected chi connectivity index (χ1v) is 12.2. The van der Waals surface area contributed by atoms with E-state index in [9.17, 15) is 0 Å². The number of nitrogens with one attached hydrogen (secondary N) is 1. The Kier molecular flexibility index (Phi) is 5.50. The number of piperazine rings is 1. The quantitative estimate of drug-likeness (QED) is 0.303. The molecule has 1 fully saturated rings. The maximum Gasteiger partial charge on any atom is 0.194 e. The number of rotatable bonds is 5. The van der Waals surface area contributed by atoms with Gasteiger partial charge in [0.05, 0.1) is 28.6 Å². The lowest BCUT2D eigenvalue weighted by Gasteiger charge is -2.26. The molecule has 5 aromatic rings. The number of hydrogen-bond donors (Lipinski definition) is 2. The molecule has 8 nitrogen and oxygen atoms in total. The summed E-state index contributed by atoms with van der Waals surface area (Å²) in [6.45, 7) is 5.12. The minimum Gasteiger partial charge on any atom is -0.382 e. The Bertz CT molecular complexity index is 1500. The van der Waals surface area contributed by atoms with Crippen molar-refractivity contribution in [2.45, 2.75) is 6.54 Å². The average Bonchev–Trinajstić information content (AvgIpc) is 3.46. The van der Waals surface area contributed by atoms with Crippen LogP contribution < -0.4 is 11.1 Å². The number of benzene rings is 2. The number of para-hydroxylation sites is 3. The summed E-state index contributed by atoms with van der Waals surface area (Å²) in [7, 11) is 0. The number of amidine groups is 1. The van der Waals surface area contributed by atoms with Gasteiger partial charge in [0.2, 0.25) is 0 Å². The Hall–Kier alpha value is -3.66. The van der Waals surface area contributed by atoms with Crippen molar-refractivity contribution in [3.8, 4) is 11.3 Å². The third-order valence-corrected chi connectivity index (χ3v) is 6.90. The van der Waals surface area contributed by atoms with Crippen molar-refractivity contribution in [1.29, 1.82) is 0 Å². The molecule has 34 heavy (non-hydrogen) atoms. The molecular formula is C25H24N8S. The van der Waals surface area contributed by atoms with Crippen LogP contribution in [-0.2, 0) is 6.54 Å². The van der Waals surface area contributed by atoms with Crippen LogP contribution in [0.5, 0.6) is 0 Å². The topological polar surface area (TPSA) is 96.7 Å². The van der Waals surface area contributed by atoms with E-state index in [0.717, 1.165) is 65.7 Å². The molecule has 9 heteroatoms. The Labute approximate surface area is 200 Å². The average molecular weight is 469 g/mol. The molecule has 1 saturated heterocycles. The number of aromatic nitrogens is 4. The van der Waals surface area contributed by atoms with E-state index in [1.54, 1.807) is 17.5 Å². The summed E-state index contributed by atoms with van der Waals surface area (Å²) in [5.41, 5.74) is 12.4. The van der Waals surface area contributed by atoms with Crippen LogP contribution >= 0.6 is 11.3 Å². The van der Waals surface area contributed by atoms with Gasteiger partial charge in [-0.05, 0) is 18.2 Å². The summed E-state index contributed by atoms with van der Waals surface area (Å²) < 4.78 is 2.20. The lowest BCUT2D eigenvalue weighted by Crippen LogP contribution is -2.43. The monoisotopic (exact) mass is 468 g/mol. The lowest BCUT2D eigenvalue weighted by molar-refractivity contribution is 0.230. The Morgan fingerprint density at radius 1 is 1.03 bits per heavy atom. The van der Waals surface area contributed by atoms with E-state index in [1.165, 1.54) is 5.69 Å². The van der Waals surface area contributed by atoms with Crippen LogP contribution in [0.15, 0.2) is 71.3 Å². The first-order valence-electron chi connectivity index (χ1n) is 11.3. The highest BCUT2D eigenvalue weighted by molar-refractivity contribution is 7.15. The fourth-order valence-corrected chi connectivity index (χ4v) is 5.09. The smallest absolute Gasteiger partial charge is 0.194 e. The van der Waals surface area contributed by atoms with Crippen LogP contribution in [0.25, 0.3) is 27.3 Å². The standard InChI is InChI=1S/C25H24N8S/c26-24(22-13-28-20-7-3-4-8-21(20)29-22)30-19-6-2-1-5-18(19)23-15-33-17(16-34-25(33)31-23)14-32-11-9-27-10-12-32/h1-8,13,15-16,27H,9-12,14H2,(H2,26,30). The Morgan fingerprint density at radius 2 is 1.82 bits per heavy atom. The van der Waals surface area contributed by atoms with E-state index >= 15 is 0 Å². The van der Waals surface area contributed by atoms with E-state index in [0.29, 0.717) is 11.5 Å². The highest BCUT2D eigenvalue weighted by Crippen LogP contribution is 2.31. The molecule has 0 spiro atoms. The minimum absolute atomic E-state index is 0.325. The molecule has 4 heterocycles. The molecule has 0 aliphatic carbocycles. The number of fused-ring (bicyclic) bond motifs is 2. The van der Waals surface area contributed by atoms with Crippen molar-refractivity contribution in [1.82, 2.24) is 29.6 Å². The highest BCUT2D eigenvalue weighted by atomic mass is 32.1. The van der Waals surface area contributed by atoms with E-state index in [1.807, 2.05) is 48.5 Å². The molecule has 3 aromatic heterocycles. The molecule has 0 unspecified atom stereocenters. The number of thiazole rings is 1. The van der Waals surface area contributed by atoms with Crippen molar-refractivity contribution < 1.29 is 0 Å². The maximum atomic E-state index is 6.36. The fraction of sp³-hybridized carbons (Fsp3) is 0.200. The van der Waals surface area contributed by atoms with Crippen LogP contribution in [0.4, 0.5) is 5.69 Å². The van der Waals surface area contributed by atoms with Crippen LogP contribution in [0.2, 0.25) is 0 Å². The maximum absolute atomic E-state index is 6.36. The molecule has 0 bridgehead atoms. The zero-order valence-corrected chi connectivity index (χ0v) is 19.4. The van der Waals surface area contributed by atoms with Gasteiger partial charge in [0, 0.05) is 55.6 Å². The third-order valence-electron chi connectivity index (χ3n) is 6.01. The Balaban J connectivity index is 1.33. The van der Waals surface area contributed by atoms with Gasteiger partial charge in [0.25, 0.3) is 0 Å². The van der Waals surface area contributed by atoms with Crippen LogP contribution in [0.1, 0.15) is 11.4 Å². The zero-order chi connectivity index (χ0) is 22.9. The molecule has 0 saturated carbocycles. The molecule has 0 amide bonds. The van der Waals surface area contributed by atoms with E-state index in [4.69, 9.17) is 15.7 Å². The number of hydrogen-bond acceptors (Lipinski definition) is 7. The second kappa shape index (κ2) is 8.94. The summed E-state index contributed by atoms with van der Waals surface area (Å²) in [4.78, 5) is 22.1. The molecule has 0 atom stereocenters. The number of nitrogens with zero attached hydrogens (tertiary/aromatic N) is 6. The molecule has 6 rings (SSSR count). The molecule has 3 N–H and O–H groups in total. The van der Waals surface area contributed by atoms with E-state index in [2.05, 4.69) is 36.2 Å². The normalized spacial score (nSPS) is 15.4. The predicted octanol–water partition coefficient (Wildman–Crippen LogP) is 3.45. The first-order chi connectivity index (χ1) is 16.7. The van der Waals surface area contributed by atoms with Crippen LogP contribution in [0.3, 0.4) is 0 Å². The summed E-state index contributed by atoms with van der Waals surface area (Å²) >= 11 is 1.67. The van der Waals surface area contributed by atoms with Gasteiger partial charge in [-0.25, -0.2) is 15.0 Å². The minimum atomic E-state index is 0.325. The molecule has 2 aromatic carbocycles. The number of aliphatic imine (C=N–C) groups is 1. The fourth-order valence-electron chi connectivity index (χ4n) is 4.23. The number of nitrogens with two attached hydrogens (primary N) is 1. The van der Waals surface area contributed by atoms with Gasteiger partial charge < -0.3 is 11.1 Å². The lowest BCUT2D eigenvalue weighted by atomic mass is 10.1.